The molecule has 0 bridgehead atoms. The van der Waals surface area contributed by atoms with Gasteiger partial charge in [-0.1, -0.05) is 11.3 Å². The molecule has 2 aromatic heterocycles. The molecular formula is C11H14N4O3S. The normalized spacial score (nSPS) is 10.7. The number of rotatable bonds is 4. The van der Waals surface area contributed by atoms with Gasteiger partial charge in [0.1, 0.15) is 0 Å². The lowest BCUT2D eigenvalue weighted by Crippen LogP contribution is -2.15. The molecule has 0 aliphatic carbocycles. The Hall–Kier alpha value is -1.96. The predicted molar refractivity (Wildman–Crippen MR) is 70.2 cm³/mol. The van der Waals surface area contributed by atoms with Gasteiger partial charge in [-0.2, -0.15) is 4.98 Å². The van der Waals surface area contributed by atoms with Crippen molar-refractivity contribution in [2.24, 2.45) is 0 Å². The van der Waals surface area contributed by atoms with E-state index in [-0.39, 0.29) is 24.7 Å². The number of carbonyl (C=O) groups excluding carboxylic acids is 2. The summed E-state index contributed by atoms with van der Waals surface area (Å²) in [5.74, 6) is -0.470. The van der Waals surface area contributed by atoms with Crippen LogP contribution in [0.4, 0.5) is 5.95 Å². The second-order valence-electron chi connectivity index (χ2n) is 4.00. The van der Waals surface area contributed by atoms with Gasteiger partial charge in [0.2, 0.25) is 16.8 Å². The first-order valence-electron chi connectivity index (χ1n) is 5.70. The summed E-state index contributed by atoms with van der Waals surface area (Å²) in [4.78, 5) is 28.6. The van der Waals surface area contributed by atoms with Gasteiger partial charge in [-0.05, 0) is 13.8 Å². The molecule has 0 unspecified atom stereocenters. The Morgan fingerprint density at radius 1 is 1.37 bits per heavy atom. The molecule has 0 saturated heterocycles. The van der Waals surface area contributed by atoms with E-state index in [0.29, 0.717) is 0 Å². The molecule has 7 nitrogen and oxygen atoms in total. The molecule has 2 heterocycles. The van der Waals surface area contributed by atoms with Gasteiger partial charge in [-0.25, -0.2) is 4.52 Å². The Labute approximate surface area is 113 Å². The lowest BCUT2D eigenvalue weighted by Gasteiger charge is -1.99. The fourth-order valence-corrected chi connectivity index (χ4v) is 2.40. The third kappa shape index (κ3) is 2.90. The zero-order chi connectivity index (χ0) is 14.0. The number of hydrogen-bond donors (Lipinski definition) is 1. The van der Waals surface area contributed by atoms with Gasteiger partial charge in [0.25, 0.3) is 0 Å². The Kier molecular flexibility index (Phi) is 3.79. The van der Waals surface area contributed by atoms with Crippen molar-refractivity contribution in [3.63, 3.8) is 0 Å². The number of thiazole rings is 1. The van der Waals surface area contributed by atoms with Crippen molar-refractivity contribution in [2.45, 2.75) is 26.7 Å². The molecule has 1 amide bonds. The Morgan fingerprint density at radius 2 is 2.11 bits per heavy atom. The molecule has 0 fully saturated rings. The molecule has 2 aromatic rings. The van der Waals surface area contributed by atoms with E-state index in [1.54, 1.807) is 4.52 Å². The minimum Gasteiger partial charge on any atom is -0.469 e. The van der Waals surface area contributed by atoms with Gasteiger partial charge < -0.3 is 4.74 Å². The molecule has 0 atom stereocenters. The highest BCUT2D eigenvalue weighted by Gasteiger charge is 2.13. The molecule has 0 saturated carbocycles. The van der Waals surface area contributed by atoms with E-state index in [4.69, 9.17) is 0 Å². The van der Waals surface area contributed by atoms with Crippen LogP contribution < -0.4 is 5.32 Å². The van der Waals surface area contributed by atoms with Crippen molar-refractivity contribution in [2.75, 3.05) is 12.4 Å². The molecule has 0 aromatic carbocycles. The molecule has 0 radical (unpaired) electrons. The van der Waals surface area contributed by atoms with Crippen molar-refractivity contribution in [1.82, 2.24) is 14.6 Å². The summed E-state index contributed by atoms with van der Waals surface area (Å²) in [6.07, 6.45) is 0.0974. The van der Waals surface area contributed by atoms with Crippen LogP contribution in [0.25, 0.3) is 4.96 Å². The summed E-state index contributed by atoms with van der Waals surface area (Å²) >= 11 is 1.51. The molecule has 0 aliphatic heterocycles. The van der Waals surface area contributed by atoms with Gasteiger partial charge in [-0.15, -0.1) is 5.10 Å². The Balaban J connectivity index is 2.01. The molecule has 102 valence electrons. The third-order valence-corrected chi connectivity index (χ3v) is 3.73. The monoisotopic (exact) mass is 282 g/mol. The summed E-state index contributed by atoms with van der Waals surface area (Å²) in [5, 5.41) is 6.75. The molecule has 8 heteroatoms. The van der Waals surface area contributed by atoms with Gasteiger partial charge in [0.05, 0.1) is 19.2 Å². The average Bonchev–Trinajstić information content (AvgIpc) is 2.87. The van der Waals surface area contributed by atoms with Crippen LogP contribution in [0.15, 0.2) is 0 Å². The maximum atomic E-state index is 11.6. The second kappa shape index (κ2) is 5.35. The van der Waals surface area contributed by atoms with E-state index in [2.05, 4.69) is 20.1 Å². The van der Waals surface area contributed by atoms with E-state index < -0.39 is 5.97 Å². The first-order valence-corrected chi connectivity index (χ1v) is 6.52. The quantitative estimate of drug-likeness (QED) is 0.854. The maximum Gasteiger partial charge on any atom is 0.306 e. The number of carbonyl (C=O) groups is 2. The van der Waals surface area contributed by atoms with E-state index in [1.807, 2.05) is 13.8 Å². The number of methoxy groups -OCH3 is 1. The molecule has 0 aliphatic rings. The largest absolute Gasteiger partial charge is 0.469 e. The topological polar surface area (TPSA) is 85.6 Å². The van der Waals surface area contributed by atoms with E-state index in [9.17, 15) is 9.59 Å². The molecule has 19 heavy (non-hydrogen) atoms. The SMILES string of the molecule is COC(=O)CCC(=O)Nc1nc2sc(C)c(C)n2n1. The molecule has 2 rings (SSSR count). The summed E-state index contributed by atoms with van der Waals surface area (Å²) in [6, 6.07) is 0. The van der Waals surface area contributed by atoms with E-state index >= 15 is 0 Å². The number of fused-ring (bicyclic) bond motifs is 1. The van der Waals surface area contributed by atoms with Gasteiger partial charge in [0.15, 0.2) is 0 Å². The zero-order valence-electron chi connectivity index (χ0n) is 10.9. The average molecular weight is 282 g/mol. The van der Waals surface area contributed by atoms with Gasteiger partial charge in [-0.3, -0.25) is 14.9 Å². The standard InChI is InChI=1S/C11H14N4O3S/c1-6-7(2)19-11-13-10(14-15(6)11)12-8(16)4-5-9(17)18-3/h4-5H2,1-3H3,(H,12,14,16). The Morgan fingerprint density at radius 3 is 2.74 bits per heavy atom. The van der Waals surface area contributed by atoms with Crippen molar-refractivity contribution in [3.05, 3.63) is 10.6 Å². The van der Waals surface area contributed by atoms with Crippen molar-refractivity contribution < 1.29 is 14.3 Å². The van der Waals surface area contributed by atoms with Crippen molar-refractivity contribution in [1.29, 1.82) is 0 Å². The highest BCUT2D eigenvalue weighted by molar-refractivity contribution is 7.17. The fourth-order valence-electron chi connectivity index (χ4n) is 1.50. The smallest absolute Gasteiger partial charge is 0.306 e. The molecular weight excluding hydrogens is 268 g/mol. The van der Waals surface area contributed by atoms with Crippen LogP contribution in [0, 0.1) is 13.8 Å². The minimum atomic E-state index is -0.416. The van der Waals surface area contributed by atoms with Crippen molar-refractivity contribution in [3.8, 4) is 0 Å². The second-order valence-corrected chi connectivity index (χ2v) is 5.18. The number of ether oxygens (including phenoxy) is 1. The number of aryl methyl sites for hydroxylation is 2. The Bertz CT molecular complexity index is 631. The molecule has 1 N–H and O–H groups in total. The van der Waals surface area contributed by atoms with Crippen LogP contribution in [0.2, 0.25) is 0 Å². The highest BCUT2D eigenvalue weighted by Crippen LogP contribution is 2.21. The summed E-state index contributed by atoms with van der Waals surface area (Å²) < 4.78 is 6.15. The lowest BCUT2D eigenvalue weighted by atomic mass is 10.3. The summed E-state index contributed by atoms with van der Waals surface area (Å²) in [7, 11) is 1.29. The predicted octanol–water partition coefficient (Wildman–Crippen LogP) is 1.30. The van der Waals surface area contributed by atoms with Crippen LogP contribution in [-0.4, -0.2) is 33.6 Å². The number of nitrogens with one attached hydrogen (secondary N) is 1. The summed E-state index contributed by atoms with van der Waals surface area (Å²) in [5.41, 5.74) is 1.00. The van der Waals surface area contributed by atoms with E-state index in [1.165, 1.54) is 18.4 Å². The lowest BCUT2D eigenvalue weighted by molar-refractivity contribution is -0.141. The highest BCUT2D eigenvalue weighted by atomic mass is 32.1. The number of hydrogen-bond acceptors (Lipinski definition) is 6. The number of anilines is 1. The van der Waals surface area contributed by atoms with Crippen LogP contribution >= 0.6 is 11.3 Å². The number of esters is 1. The number of nitrogens with zero attached hydrogens (tertiary/aromatic N) is 3. The van der Waals surface area contributed by atoms with Crippen LogP contribution in [0.5, 0.6) is 0 Å². The number of aromatic nitrogens is 3. The first-order chi connectivity index (χ1) is 9.01. The van der Waals surface area contributed by atoms with Gasteiger partial charge in [0, 0.05) is 11.3 Å². The minimum absolute atomic E-state index is 0.0443. The third-order valence-electron chi connectivity index (χ3n) is 2.68. The van der Waals surface area contributed by atoms with Crippen LogP contribution in [-0.2, 0) is 14.3 Å². The number of amides is 1. The molecule has 0 spiro atoms. The van der Waals surface area contributed by atoms with Crippen molar-refractivity contribution >= 4 is 34.1 Å². The van der Waals surface area contributed by atoms with Gasteiger partial charge >= 0.3 is 5.97 Å². The van der Waals surface area contributed by atoms with Crippen LogP contribution in [0.3, 0.4) is 0 Å². The summed E-state index contributed by atoms with van der Waals surface area (Å²) in [6.45, 7) is 3.93. The fraction of sp³-hybridized carbons (Fsp3) is 0.455. The maximum absolute atomic E-state index is 11.6. The zero-order valence-corrected chi connectivity index (χ0v) is 11.7. The van der Waals surface area contributed by atoms with E-state index in [0.717, 1.165) is 15.5 Å². The van der Waals surface area contributed by atoms with Crippen LogP contribution in [0.1, 0.15) is 23.4 Å². The first kappa shape index (κ1) is 13.5.